The molecule has 1 aromatic carbocycles. The molecule has 18 heavy (non-hydrogen) atoms. The molecular weight excluding hydrogens is 230 g/mol. The average Bonchev–Trinajstić information content (AvgIpc) is 2.61. The average molecular weight is 247 g/mol. The molecule has 0 spiro atoms. The maximum atomic E-state index is 11.7. The Morgan fingerprint density at radius 3 is 2.56 bits per heavy atom. The van der Waals surface area contributed by atoms with Crippen LogP contribution in [0.3, 0.4) is 0 Å². The minimum atomic E-state index is -0.374. The summed E-state index contributed by atoms with van der Waals surface area (Å²) in [5, 5.41) is 0. The third kappa shape index (κ3) is 2.10. The van der Waals surface area contributed by atoms with Crippen LogP contribution in [0.1, 0.15) is 30.6 Å². The number of hydrogen-bond donors (Lipinski definition) is 0. The molecule has 0 aliphatic carbocycles. The molecule has 0 unspecified atom stereocenters. The quantitative estimate of drug-likeness (QED) is 0.750. The van der Waals surface area contributed by atoms with Gasteiger partial charge in [-0.15, -0.1) is 0 Å². The Hall–Kier alpha value is -1.84. The highest BCUT2D eigenvalue weighted by atomic mass is 16.5. The van der Waals surface area contributed by atoms with Crippen LogP contribution >= 0.6 is 0 Å². The second-order valence-corrected chi connectivity index (χ2v) is 5.12. The van der Waals surface area contributed by atoms with E-state index in [0.29, 0.717) is 18.5 Å². The number of benzene rings is 1. The zero-order chi connectivity index (χ0) is 13.3. The molecule has 0 bridgehead atoms. The van der Waals surface area contributed by atoms with E-state index in [1.807, 2.05) is 30.9 Å². The van der Waals surface area contributed by atoms with Gasteiger partial charge in [-0.3, -0.25) is 4.79 Å². The van der Waals surface area contributed by atoms with E-state index in [1.165, 1.54) is 7.11 Å². The smallest absolute Gasteiger partial charge is 0.339 e. The molecule has 2 rings (SSSR count). The molecule has 96 valence electrons. The summed E-state index contributed by atoms with van der Waals surface area (Å²) in [6.07, 6.45) is 0.502. The van der Waals surface area contributed by atoms with Gasteiger partial charge in [0.05, 0.1) is 24.9 Å². The van der Waals surface area contributed by atoms with Gasteiger partial charge in [0.1, 0.15) is 0 Å². The van der Waals surface area contributed by atoms with Gasteiger partial charge in [-0.05, 0) is 26.0 Å². The van der Waals surface area contributed by atoms with E-state index in [-0.39, 0.29) is 17.3 Å². The molecule has 1 aliphatic rings. The Morgan fingerprint density at radius 1 is 1.33 bits per heavy atom. The number of rotatable bonds is 2. The minimum absolute atomic E-state index is 0.194. The van der Waals surface area contributed by atoms with Crippen LogP contribution in [0.15, 0.2) is 24.3 Å². The lowest BCUT2D eigenvalue weighted by atomic mass is 10.0. The van der Waals surface area contributed by atoms with Gasteiger partial charge < -0.3 is 9.64 Å². The van der Waals surface area contributed by atoms with E-state index in [9.17, 15) is 9.59 Å². The van der Waals surface area contributed by atoms with Gasteiger partial charge in [-0.25, -0.2) is 4.79 Å². The third-order valence-electron chi connectivity index (χ3n) is 3.30. The highest BCUT2D eigenvalue weighted by molar-refractivity contribution is 5.98. The molecule has 0 amide bonds. The summed E-state index contributed by atoms with van der Waals surface area (Å²) >= 11 is 0. The fourth-order valence-corrected chi connectivity index (χ4v) is 2.43. The highest BCUT2D eigenvalue weighted by Crippen LogP contribution is 2.34. The fraction of sp³-hybridized carbons (Fsp3) is 0.429. The molecule has 0 N–H and O–H groups in total. The zero-order valence-corrected chi connectivity index (χ0v) is 10.9. The first-order chi connectivity index (χ1) is 8.45. The normalized spacial score (nSPS) is 17.9. The van der Waals surface area contributed by atoms with Gasteiger partial charge >= 0.3 is 5.97 Å². The van der Waals surface area contributed by atoms with Crippen LogP contribution < -0.4 is 4.90 Å². The number of carbonyl (C=O) groups is 2. The van der Waals surface area contributed by atoms with Crippen LogP contribution in [0.5, 0.6) is 0 Å². The maximum Gasteiger partial charge on any atom is 0.339 e. The van der Waals surface area contributed by atoms with Crippen LogP contribution in [0.25, 0.3) is 0 Å². The van der Waals surface area contributed by atoms with Crippen molar-refractivity contribution in [2.45, 2.75) is 25.8 Å². The Labute approximate surface area is 107 Å². The highest BCUT2D eigenvalue weighted by Gasteiger charge is 2.38. The van der Waals surface area contributed by atoms with Crippen molar-refractivity contribution in [2.75, 3.05) is 18.6 Å². The van der Waals surface area contributed by atoms with E-state index in [2.05, 4.69) is 0 Å². The number of nitrogens with zero attached hydrogens (tertiary/aromatic N) is 1. The Morgan fingerprint density at radius 2 is 2.00 bits per heavy atom. The second kappa shape index (κ2) is 4.44. The first-order valence-corrected chi connectivity index (χ1v) is 5.92. The van der Waals surface area contributed by atoms with Gasteiger partial charge in [0.15, 0.2) is 5.78 Å². The number of methoxy groups -OCH3 is 1. The van der Waals surface area contributed by atoms with Crippen molar-refractivity contribution in [2.24, 2.45) is 0 Å². The third-order valence-corrected chi connectivity index (χ3v) is 3.30. The fourth-order valence-electron chi connectivity index (χ4n) is 2.43. The lowest BCUT2D eigenvalue weighted by molar-refractivity contribution is -0.116. The van der Waals surface area contributed by atoms with Crippen molar-refractivity contribution in [3.8, 4) is 0 Å². The van der Waals surface area contributed by atoms with Crippen LogP contribution in [-0.4, -0.2) is 30.9 Å². The number of para-hydroxylation sites is 1. The van der Waals surface area contributed by atoms with Crippen molar-refractivity contribution in [1.29, 1.82) is 0 Å². The van der Waals surface area contributed by atoms with Crippen molar-refractivity contribution in [3.63, 3.8) is 0 Å². The Kier molecular flexibility index (Phi) is 3.11. The molecule has 1 saturated heterocycles. The molecule has 0 saturated carbocycles. The predicted molar refractivity (Wildman–Crippen MR) is 68.8 cm³/mol. The summed E-state index contributed by atoms with van der Waals surface area (Å²) in [6, 6.07) is 7.23. The number of ether oxygens (including phenoxy) is 1. The van der Waals surface area contributed by atoms with E-state index in [4.69, 9.17) is 4.74 Å². The molecule has 1 fully saturated rings. The monoisotopic (exact) mass is 247 g/mol. The molecule has 0 atom stereocenters. The number of Topliss-reactive ketones (excluding diaryl/α,β-unsaturated/α-hetero) is 1. The number of esters is 1. The van der Waals surface area contributed by atoms with Crippen molar-refractivity contribution >= 4 is 17.4 Å². The molecule has 0 radical (unpaired) electrons. The summed E-state index contributed by atoms with van der Waals surface area (Å²) in [5.74, 6) is -0.180. The predicted octanol–water partition coefficient (Wildman–Crippen LogP) is 2.03. The summed E-state index contributed by atoms with van der Waals surface area (Å²) in [5.41, 5.74) is 1.00. The lowest BCUT2D eigenvalue weighted by Gasteiger charge is -2.33. The van der Waals surface area contributed by atoms with Crippen molar-refractivity contribution in [3.05, 3.63) is 29.8 Å². The minimum Gasteiger partial charge on any atom is -0.465 e. The number of ketones is 1. The van der Waals surface area contributed by atoms with Crippen LogP contribution in [0.4, 0.5) is 5.69 Å². The Balaban J connectivity index is 2.45. The van der Waals surface area contributed by atoms with Crippen LogP contribution in [-0.2, 0) is 9.53 Å². The van der Waals surface area contributed by atoms with Crippen LogP contribution in [0.2, 0.25) is 0 Å². The SMILES string of the molecule is COC(=O)c1ccccc1N1CC(=O)CC1(C)C. The van der Waals surface area contributed by atoms with E-state index in [1.54, 1.807) is 12.1 Å². The summed E-state index contributed by atoms with van der Waals surface area (Å²) in [6.45, 7) is 4.36. The van der Waals surface area contributed by atoms with Gasteiger partial charge in [-0.1, -0.05) is 12.1 Å². The second-order valence-electron chi connectivity index (χ2n) is 5.12. The summed E-state index contributed by atoms with van der Waals surface area (Å²) < 4.78 is 4.78. The first kappa shape index (κ1) is 12.6. The van der Waals surface area contributed by atoms with E-state index >= 15 is 0 Å². The van der Waals surface area contributed by atoms with Crippen LogP contribution in [0, 0.1) is 0 Å². The molecule has 4 nitrogen and oxygen atoms in total. The molecule has 0 aromatic heterocycles. The molecule has 1 heterocycles. The van der Waals surface area contributed by atoms with Gasteiger partial charge in [0, 0.05) is 12.0 Å². The molecule has 4 heteroatoms. The number of carbonyl (C=O) groups excluding carboxylic acids is 2. The maximum absolute atomic E-state index is 11.7. The largest absolute Gasteiger partial charge is 0.465 e. The molecular formula is C14H17NO3. The standard InChI is InChI=1S/C14H17NO3/c1-14(2)8-10(16)9-15(14)12-7-5-4-6-11(12)13(17)18-3/h4-7H,8-9H2,1-3H3. The zero-order valence-electron chi connectivity index (χ0n) is 10.9. The van der Waals surface area contributed by atoms with Crippen molar-refractivity contribution < 1.29 is 14.3 Å². The Bertz CT molecular complexity index is 494. The number of anilines is 1. The van der Waals surface area contributed by atoms with Gasteiger partial charge in [0.2, 0.25) is 0 Å². The summed E-state index contributed by atoms with van der Waals surface area (Å²) in [7, 11) is 1.36. The lowest BCUT2D eigenvalue weighted by Crippen LogP contribution is -2.39. The van der Waals surface area contributed by atoms with E-state index in [0.717, 1.165) is 5.69 Å². The number of hydrogen-bond acceptors (Lipinski definition) is 4. The van der Waals surface area contributed by atoms with Crippen molar-refractivity contribution in [1.82, 2.24) is 0 Å². The van der Waals surface area contributed by atoms with E-state index < -0.39 is 0 Å². The topological polar surface area (TPSA) is 46.6 Å². The molecule has 1 aliphatic heterocycles. The molecule has 1 aromatic rings. The first-order valence-electron chi connectivity index (χ1n) is 5.92. The van der Waals surface area contributed by atoms with Gasteiger partial charge in [-0.2, -0.15) is 0 Å². The van der Waals surface area contributed by atoms with Gasteiger partial charge in [0.25, 0.3) is 0 Å². The summed E-state index contributed by atoms with van der Waals surface area (Å²) in [4.78, 5) is 25.4.